The van der Waals surface area contributed by atoms with Gasteiger partial charge in [0.15, 0.2) is 0 Å². The lowest BCUT2D eigenvalue weighted by molar-refractivity contribution is 0.625. The van der Waals surface area contributed by atoms with Crippen LogP contribution in [0.15, 0.2) is 6.20 Å². The van der Waals surface area contributed by atoms with E-state index in [0.29, 0.717) is 6.67 Å². The zero-order chi connectivity index (χ0) is 9.52. The topological polar surface area (TPSA) is 68.8 Å². The zero-order valence-corrected chi connectivity index (χ0v) is 8.03. The predicted octanol–water partition coefficient (Wildman–Crippen LogP) is -0.264. The van der Waals surface area contributed by atoms with Gasteiger partial charge in [0.25, 0.3) is 0 Å². The third kappa shape index (κ3) is 3.52. The molecular weight excluding hydrogens is 166 g/mol. The first-order chi connectivity index (χ1) is 6.36. The van der Waals surface area contributed by atoms with E-state index in [-0.39, 0.29) is 0 Å². The maximum Gasteiger partial charge on any atom is 0.0827 e. The van der Waals surface area contributed by atoms with Crippen molar-refractivity contribution in [2.45, 2.75) is 26.3 Å². The summed E-state index contributed by atoms with van der Waals surface area (Å²) in [7, 11) is 0. The highest BCUT2D eigenvalue weighted by molar-refractivity contribution is 4.92. The molecule has 0 aromatic carbocycles. The predicted molar refractivity (Wildman–Crippen MR) is 51.1 cm³/mol. The molecule has 0 unspecified atom stereocenters. The number of hydrogen-bond donors (Lipinski definition) is 2. The Balaban J connectivity index is 2.20. The minimum Gasteiger partial charge on any atom is -0.318 e. The Morgan fingerprint density at radius 2 is 2.46 bits per heavy atom. The second kappa shape index (κ2) is 5.66. The average Bonchev–Trinajstić information content (AvgIpc) is 2.60. The Kier molecular flexibility index (Phi) is 4.42. The van der Waals surface area contributed by atoms with Gasteiger partial charge in [-0.1, -0.05) is 5.21 Å². The Hall–Kier alpha value is -0.940. The van der Waals surface area contributed by atoms with Crippen molar-refractivity contribution in [2.24, 2.45) is 5.73 Å². The highest BCUT2D eigenvalue weighted by Crippen LogP contribution is 1.96. The van der Waals surface area contributed by atoms with Crippen LogP contribution in [0.5, 0.6) is 0 Å². The molecule has 5 nitrogen and oxygen atoms in total. The largest absolute Gasteiger partial charge is 0.318 e. The first-order valence-corrected chi connectivity index (χ1v) is 4.66. The zero-order valence-electron chi connectivity index (χ0n) is 8.03. The summed E-state index contributed by atoms with van der Waals surface area (Å²) in [4.78, 5) is 0. The van der Waals surface area contributed by atoms with Gasteiger partial charge >= 0.3 is 0 Å². The maximum atomic E-state index is 5.29. The molecule has 0 saturated heterocycles. The van der Waals surface area contributed by atoms with E-state index in [9.17, 15) is 0 Å². The summed E-state index contributed by atoms with van der Waals surface area (Å²) in [5.41, 5.74) is 6.35. The molecule has 0 spiro atoms. The highest BCUT2D eigenvalue weighted by atomic mass is 15.4. The van der Waals surface area contributed by atoms with Crippen LogP contribution < -0.4 is 11.1 Å². The minimum absolute atomic E-state index is 0.543. The van der Waals surface area contributed by atoms with Crippen molar-refractivity contribution in [2.75, 3.05) is 13.2 Å². The summed E-state index contributed by atoms with van der Waals surface area (Å²) in [6.07, 6.45) is 4.01. The lowest BCUT2D eigenvalue weighted by atomic mass is 10.2. The fourth-order valence-electron chi connectivity index (χ4n) is 1.10. The van der Waals surface area contributed by atoms with E-state index in [2.05, 4.69) is 22.6 Å². The molecule has 0 bridgehead atoms. The number of hydrogen-bond acceptors (Lipinski definition) is 4. The number of nitrogens with zero attached hydrogens (tertiary/aromatic N) is 3. The molecule has 0 radical (unpaired) electrons. The molecular formula is C8H17N5. The van der Waals surface area contributed by atoms with Crippen molar-refractivity contribution < 1.29 is 0 Å². The van der Waals surface area contributed by atoms with Crippen LogP contribution in [0.2, 0.25) is 0 Å². The number of aromatic nitrogens is 3. The molecule has 0 saturated carbocycles. The maximum absolute atomic E-state index is 5.29. The van der Waals surface area contributed by atoms with Gasteiger partial charge < -0.3 is 11.1 Å². The van der Waals surface area contributed by atoms with Crippen molar-refractivity contribution in [3.05, 3.63) is 11.9 Å². The lowest BCUT2D eigenvalue weighted by Crippen LogP contribution is -2.23. The van der Waals surface area contributed by atoms with Crippen LogP contribution in [0, 0.1) is 0 Å². The summed E-state index contributed by atoms with van der Waals surface area (Å²) < 4.78 is 1.84. The Bertz CT molecular complexity index is 232. The van der Waals surface area contributed by atoms with Gasteiger partial charge in [-0.25, -0.2) is 0 Å². The average molecular weight is 183 g/mol. The summed E-state index contributed by atoms with van der Waals surface area (Å²) in [6, 6.07) is 0. The van der Waals surface area contributed by atoms with E-state index < -0.39 is 0 Å². The van der Waals surface area contributed by atoms with E-state index in [1.165, 1.54) is 0 Å². The molecule has 0 fully saturated rings. The normalized spacial score (nSPS) is 10.6. The van der Waals surface area contributed by atoms with Crippen LogP contribution in [0.3, 0.4) is 0 Å². The molecule has 0 aliphatic carbocycles. The number of nitrogens with one attached hydrogen (secondary N) is 1. The summed E-state index contributed by atoms with van der Waals surface area (Å²) >= 11 is 0. The molecule has 1 heterocycles. The molecule has 13 heavy (non-hydrogen) atoms. The fraction of sp³-hybridized carbons (Fsp3) is 0.750. The van der Waals surface area contributed by atoms with Crippen molar-refractivity contribution >= 4 is 0 Å². The quantitative estimate of drug-likeness (QED) is 0.471. The van der Waals surface area contributed by atoms with E-state index in [1.807, 2.05) is 10.9 Å². The second-order valence-electron chi connectivity index (χ2n) is 2.87. The molecule has 3 N–H and O–H groups in total. The first kappa shape index (κ1) is 10.1. The fourth-order valence-corrected chi connectivity index (χ4v) is 1.10. The van der Waals surface area contributed by atoms with E-state index in [1.54, 1.807) is 0 Å². The molecule has 0 aliphatic heterocycles. The van der Waals surface area contributed by atoms with Gasteiger partial charge in [0.05, 0.1) is 5.69 Å². The van der Waals surface area contributed by atoms with Gasteiger partial charge in [0.1, 0.15) is 0 Å². The van der Waals surface area contributed by atoms with E-state index in [4.69, 9.17) is 5.73 Å². The second-order valence-corrected chi connectivity index (χ2v) is 2.87. The number of aryl methyl sites for hydroxylation is 2. The Morgan fingerprint density at radius 1 is 1.62 bits per heavy atom. The minimum atomic E-state index is 0.543. The van der Waals surface area contributed by atoms with Crippen molar-refractivity contribution in [1.29, 1.82) is 0 Å². The number of rotatable bonds is 6. The third-order valence-corrected chi connectivity index (χ3v) is 1.84. The van der Waals surface area contributed by atoms with Crippen LogP contribution in [0.1, 0.15) is 19.0 Å². The Labute approximate surface area is 78.3 Å². The molecule has 1 aromatic rings. The standard InChI is InChI=1S/C8H17N5/c1-2-13-6-8(11-12-13)4-3-5-10-7-9/h6,10H,2-5,7,9H2,1H3. The highest BCUT2D eigenvalue weighted by Gasteiger charge is 1.98. The van der Waals surface area contributed by atoms with Crippen LogP contribution in [0.4, 0.5) is 0 Å². The summed E-state index contributed by atoms with van der Waals surface area (Å²) in [6.45, 7) is 4.42. The van der Waals surface area contributed by atoms with Crippen LogP contribution in [0.25, 0.3) is 0 Å². The van der Waals surface area contributed by atoms with Gasteiger partial charge in [0.2, 0.25) is 0 Å². The van der Waals surface area contributed by atoms with Crippen molar-refractivity contribution in [3.8, 4) is 0 Å². The van der Waals surface area contributed by atoms with Crippen LogP contribution in [-0.2, 0) is 13.0 Å². The lowest BCUT2D eigenvalue weighted by Gasteiger charge is -1.97. The van der Waals surface area contributed by atoms with Gasteiger partial charge in [0, 0.05) is 19.4 Å². The van der Waals surface area contributed by atoms with Crippen LogP contribution >= 0.6 is 0 Å². The molecule has 0 aliphatic rings. The summed E-state index contributed by atoms with van der Waals surface area (Å²) in [5, 5.41) is 11.1. The monoisotopic (exact) mass is 183 g/mol. The van der Waals surface area contributed by atoms with Crippen molar-refractivity contribution in [1.82, 2.24) is 20.3 Å². The summed E-state index contributed by atoms with van der Waals surface area (Å²) in [5.74, 6) is 0. The molecule has 1 rings (SSSR count). The molecule has 0 amide bonds. The first-order valence-electron chi connectivity index (χ1n) is 4.66. The smallest absolute Gasteiger partial charge is 0.0827 e. The SMILES string of the molecule is CCn1cc(CCCNCN)nn1. The van der Waals surface area contributed by atoms with E-state index >= 15 is 0 Å². The van der Waals surface area contributed by atoms with Gasteiger partial charge in [-0.2, -0.15) is 0 Å². The molecule has 5 heteroatoms. The van der Waals surface area contributed by atoms with Crippen LogP contribution in [-0.4, -0.2) is 28.2 Å². The van der Waals surface area contributed by atoms with Gasteiger partial charge in [-0.15, -0.1) is 5.10 Å². The molecule has 74 valence electrons. The van der Waals surface area contributed by atoms with Gasteiger partial charge in [-0.3, -0.25) is 4.68 Å². The van der Waals surface area contributed by atoms with Crippen molar-refractivity contribution in [3.63, 3.8) is 0 Å². The van der Waals surface area contributed by atoms with E-state index in [0.717, 1.165) is 31.6 Å². The number of nitrogens with two attached hydrogens (primary N) is 1. The van der Waals surface area contributed by atoms with Gasteiger partial charge in [-0.05, 0) is 26.3 Å². The molecule has 0 atom stereocenters. The molecule has 1 aromatic heterocycles. The third-order valence-electron chi connectivity index (χ3n) is 1.84. The Morgan fingerprint density at radius 3 is 3.08 bits per heavy atom.